The van der Waals surface area contributed by atoms with E-state index in [1.807, 2.05) is 13.8 Å². The van der Waals surface area contributed by atoms with Crippen LogP contribution in [-0.2, 0) is 0 Å². The number of hydrogen-bond donors (Lipinski definition) is 3. The van der Waals surface area contributed by atoms with E-state index in [4.69, 9.17) is 5.73 Å². The SMILES string of the molecule is CC(C)(O)C(C)(C)Nc1ncc(N)s1. The maximum absolute atomic E-state index is 9.90. The van der Waals surface area contributed by atoms with Gasteiger partial charge in [-0.15, -0.1) is 0 Å². The van der Waals surface area contributed by atoms with Crippen LogP contribution in [-0.4, -0.2) is 21.2 Å². The molecule has 0 bridgehead atoms. The lowest BCUT2D eigenvalue weighted by atomic mass is 9.86. The van der Waals surface area contributed by atoms with E-state index in [1.54, 1.807) is 20.0 Å². The zero-order chi connectivity index (χ0) is 11.0. The number of nitrogens with one attached hydrogen (secondary N) is 1. The van der Waals surface area contributed by atoms with Gasteiger partial charge in [-0.25, -0.2) is 4.98 Å². The summed E-state index contributed by atoms with van der Waals surface area (Å²) >= 11 is 1.38. The Balaban J connectivity index is 2.78. The monoisotopic (exact) mass is 215 g/mol. The Bertz CT molecular complexity index is 314. The lowest BCUT2D eigenvalue weighted by Gasteiger charge is -2.37. The van der Waals surface area contributed by atoms with Gasteiger partial charge >= 0.3 is 0 Å². The molecule has 0 atom stereocenters. The molecule has 14 heavy (non-hydrogen) atoms. The van der Waals surface area contributed by atoms with Gasteiger partial charge in [-0.3, -0.25) is 0 Å². The first-order valence-corrected chi connectivity index (χ1v) is 5.26. The molecular weight excluding hydrogens is 198 g/mol. The van der Waals surface area contributed by atoms with Crippen molar-refractivity contribution in [2.75, 3.05) is 11.1 Å². The number of aromatic nitrogens is 1. The Morgan fingerprint density at radius 1 is 1.43 bits per heavy atom. The van der Waals surface area contributed by atoms with E-state index in [1.165, 1.54) is 11.3 Å². The summed E-state index contributed by atoms with van der Waals surface area (Å²) in [4.78, 5) is 4.09. The summed E-state index contributed by atoms with van der Waals surface area (Å²) in [5.74, 6) is 0. The highest BCUT2D eigenvalue weighted by atomic mass is 32.1. The van der Waals surface area contributed by atoms with Crippen molar-refractivity contribution < 1.29 is 5.11 Å². The number of thiazole rings is 1. The molecule has 4 nitrogen and oxygen atoms in total. The molecule has 0 amide bonds. The average molecular weight is 215 g/mol. The highest BCUT2D eigenvalue weighted by Crippen LogP contribution is 2.28. The molecule has 0 aliphatic rings. The van der Waals surface area contributed by atoms with Crippen molar-refractivity contribution in [3.05, 3.63) is 6.20 Å². The third-order valence-corrected chi connectivity index (χ3v) is 3.21. The second kappa shape index (κ2) is 3.40. The van der Waals surface area contributed by atoms with Crippen LogP contribution in [0, 0.1) is 0 Å². The highest BCUT2D eigenvalue weighted by Gasteiger charge is 2.35. The van der Waals surface area contributed by atoms with Gasteiger partial charge in [-0.1, -0.05) is 11.3 Å². The quantitative estimate of drug-likeness (QED) is 0.717. The van der Waals surface area contributed by atoms with Crippen LogP contribution < -0.4 is 11.1 Å². The molecule has 0 saturated heterocycles. The molecule has 1 aromatic rings. The molecule has 1 aromatic heterocycles. The van der Waals surface area contributed by atoms with E-state index in [2.05, 4.69) is 10.3 Å². The minimum atomic E-state index is -0.826. The Kier molecular flexibility index (Phi) is 2.74. The molecule has 80 valence electrons. The number of anilines is 2. The van der Waals surface area contributed by atoms with Crippen molar-refractivity contribution in [2.24, 2.45) is 0 Å². The fraction of sp³-hybridized carbons (Fsp3) is 0.667. The first-order valence-electron chi connectivity index (χ1n) is 4.44. The first kappa shape index (κ1) is 11.3. The second-order valence-electron chi connectivity index (χ2n) is 4.38. The molecule has 0 aromatic carbocycles. The molecule has 0 radical (unpaired) electrons. The molecule has 0 aliphatic carbocycles. The minimum Gasteiger partial charge on any atom is -0.389 e. The molecule has 4 N–H and O–H groups in total. The van der Waals surface area contributed by atoms with Crippen LogP contribution in [0.3, 0.4) is 0 Å². The summed E-state index contributed by atoms with van der Waals surface area (Å²) in [6.45, 7) is 7.36. The van der Waals surface area contributed by atoms with E-state index in [0.717, 1.165) is 5.13 Å². The first-order chi connectivity index (χ1) is 6.22. The average Bonchev–Trinajstić information content (AvgIpc) is 2.31. The van der Waals surface area contributed by atoms with E-state index in [9.17, 15) is 5.11 Å². The summed E-state index contributed by atoms with van der Waals surface area (Å²) in [7, 11) is 0. The van der Waals surface area contributed by atoms with Crippen molar-refractivity contribution in [1.29, 1.82) is 0 Å². The topological polar surface area (TPSA) is 71.2 Å². The van der Waals surface area contributed by atoms with Crippen LogP contribution in [0.25, 0.3) is 0 Å². The zero-order valence-electron chi connectivity index (χ0n) is 8.96. The number of aliphatic hydroxyl groups is 1. The fourth-order valence-electron chi connectivity index (χ4n) is 0.765. The standard InChI is InChI=1S/C9H17N3OS/c1-8(2,9(3,4)13)12-7-11-5-6(10)14-7/h5,13H,10H2,1-4H3,(H,11,12). The normalized spacial score (nSPS) is 12.9. The van der Waals surface area contributed by atoms with Gasteiger partial charge in [0.15, 0.2) is 5.13 Å². The molecule has 0 saturated carbocycles. The Morgan fingerprint density at radius 3 is 2.36 bits per heavy atom. The Labute approximate surface area is 88.2 Å². The van der Waals surface area contributed by atoms with E-state index in [0.29, 0.717) is 5.00 Å². The van der Waals surface area contributed by atoms with Gasteiger partial charge in [0.1, 0.15) is 5.00 Å². The zero-order valence-corrected chi connectivity index (χ0v) is 9.77. The summed E-state index contributed by atoms with van der Waals surface area (Å²) in [5.41, 5.74) is 4.29. The third-order valence-electron chi connectivity index (χ3n) is 2.47. The Morgan fingerprint density at radius 2 is 2.00 bits per heavy atom. The summed E-state index contributed by atoms with van der Waals surface area (Å²) in [5, 5.41) is 14.4. The van der Waals surface area contributed by atoms with Crippen LogP contribution in [0.4, 0.5) is 10.1 Å². The van der Waals surface area contributed by atoms with Crippen molar-refractivity contribution in [1.82, 2.24) is 4.98 Å². The van der Waals surface area contributed by atoms with Crippen LogP contribution in [0.5, 0.6) is 0 Å². The van der Waals surface area contributed by atoms with Gasteiger partial charge in [0.25, 0.3) is 0 Å². The molecule has 1 rings (SSSR count). The molecule has 0 fully saturated rings. The van der Waals surface area contributed by atoms with Crippen LogP contribution in [0.2, 0.25) is 0 Å². The fourth-order valence-corrected chi connectivity index (χ4v) is 1.50. The van der Waals surface area contributed by atoms with Gasteiger partial charge in [-0.2, -0.15) is 0 Å². The highest BCUT2D eigenvalue weighted by molar-refractivity contribution is 7.19. The van der Waals surface area contributed by atoms with Gasteiger partial charge in [0.05, 0.1) is 17.3 Å². The maximum atomic E-state index is 9.90. The predicted octanol–water partition coefficient (Wildman–Crippen LogP) is 1.69. The molecule has 0 spiro atoms. The van der Waals surface area contributed by atoms with Gasteiger partial charge in [0, 0.05) is 0 Å². The van der Waals surface area contributed by atoms with Gasteiger partial charge < -0.3 is 16.2 Å². The molecule has 5 heteroatoms. The van der Waals surface area contributed by atoms with Gasteiger partial charge in [0.2, 0.25) is 0 Å². The molecule has 0 unspecified atom stereocenters. The van der Waals surface area contributed by atoms with Crippen molar-refractivity contribution in [2.45, 2.75) is 38.8 Å². The maximum Gasteiger partial charge on any atom is 0.185 e. The second-order valence-corrected chi connectivity index (χ2v) is 5.44. The molecule has 1 heterocycles. The molecular formula is C9H17N3OS. The number of rotatable bonds is 3. The van der Waals surface area contributed by atoms with Gasteiger partial charge in [-0.05, 0) is 27.7 Å². The van der Waals surface area contributed by atoms with Crippen LogP contribution in [0.1, 0.15) is 27.7 Å². The predicted molar refractivity (Wildman–Crippen MR) is 60.5 cm³/mol. The van der Waals surface area contributed by atoms with E-state index < -0.39 is 11.1 Å². The number of hydrogen-bond acceptors (Lipinski definition) is 5. The number of nitrogen functional groups attached to an aromatic ring is 1. The van der Waals surface area contributed by atoms with Crippen molar-refractivity contribution >= 4 is 21.5 Å². The van der Waals surface area contributed by atoms with E-state index in [-0.39, 0.29) is 0 Å². The number of nitrogens with two attached hydrogens (primary N) is 1. The van der Waals surface area contributed by atoms with Crippen LogP contribution in [0.15, 0.2) is 6.20 Å². The summed E-state index contributed by atoms with van der Waals surface area (Å²) < 4.78 is 0. The third kappa shape index (κ3) is 2.36. The smallest absolute Gasteiger partial charge is 0.185 e. The van der Waals surface area contributed by atoms with Crippen molar-refractivity contribution in [3.8, 4) is 0 Å². The largest absolute Gasteiger partial charge is 0.389 e. The van der Waals surface area contributed by atoms with Crippen LogP contribution >= 0.6 is 11.3 Å². The Hall–Kier alpha value is -0.810. The summed E-state index contributed by atoms with van der Waals surface area (Å²) in [6.07, 6.45) is 1.60. The lowest BCUT2D eigenvalue weighted by molar-refractivity contribution is 0.0240. The molecule has 0 aliphatic heterocycles. The van der Waals surface area contributed by atoms with E-state index >= 15 is 0 Å². The summed E-state index contributed by atoms with van der Waals surface area (Å²) in [6, 6.07) is 0. The minimum absolute atomic E-state index is 0.447. The van der Waals surface area contributed by atoms with Crippen molar-refractivity contribution in [3.63, 3.8) is 0 Å². The lowest BCUT2D eigenvalue weighted by Crippen LogP contribution is -2.51. The number of nitrogens with zero attached hydrogens (tertiary/aromatic N) is 1.